The smallest absolute Gasteiger partial charge is 0.264 e. The van der Waals surface area contributed by atoms with Crippen molar-refractivity contribution in [2.24, 2.45) is 5.92 Å². The lowest BCUT2D eigenvalue weighted by Gasteiger charge is -2.35. The van der Waals surface area contributed by atoms with Crippen LogP contribution in [-0.4, -0.2) is 60.9 Å². The van der Waals surface area contributed by atoms with Gasteiger partial charge in [-0.15, -0.1) is 11.3 Å². The number of hydrogen-bond donors (Lipinski definition) is 0. The molecule has 1 saturated heterocycles. The van der Waals surface area contributed by atoms with Gasteiger partial charge in [0.1, 0.15) is 12.3 Å². The molecule has 0 aliphatic carbocycles. The molecule has 0 bridgehead atoms. The highest BCUT2D eigenvalue weighted by atomic mass is 35.5. The molecule has 3 heterocycles. The number of anilines is 1. The first-order valence-corrected chi connectivity index (χ1v) is 12.8. The molecule has 2 aliphatic heterocycles. The van der Waals surface area contributed by atoms with E-state index >= 15 is 0 Å². The minimum atomic E-state index is -0.181. The Morgan fingerprint density at radius 2 is 1.94 bits per heavy atom. The van der Waals surface area contributed by atoms with Crippen LogP contribution in [0.5, 0.6) is 5.75 Å². The zero-order valence-electron chi connectivity index (χ0n) is 19.6. The van der Waals surface area contributed by atoms with Crippen molar-refractivity contribution >= 4 is 40.4 Å². The number of ether oxygens (including phenoxy) is 1. The highest BCUT2D eigenvalue weighted by Crippen LogP contribution is 2.35. The van der Waals surface area contributed by atoms with Gasteiger partial charge in [0.15, 0.2) is 0 Å². The Bertz CT molecular complexity index is 1000. The van der Waals surface area contributed by atoms with Crippen LogP contribution in [-0.2, 0) is 11.3 Å². The van der Waals surface area contributed by atoms with Gasteiger partial charge < -0.3 is 19.4 Å². The number of likely N-dealkylation sites (tertiary alicyclic amines) is 1. The van der Waals surface area contributed by atoms with E-state index in [4.69, 9.17) is 16.3 Å². The molecule has 1 aromatic carbocycles. The Morgan fingerprint density at radius 3 is 2.58 bits per heavy atom. The zero-order chi connectivity index (χ0) is 23.5. The summed E-state index contributed by atoms with van der Waals surface area (Å²) >= 11 is 7.28. The van der Waals surface area contributed by atoms with Crippen LogP contribution in [0.2, 0.25) is 4.34 Å². The van der Waals surface area contributed by atoms with Crippen molar-refractivity contribution in [3.63, 3.8) is 0 Å². The van der Waals surface area contributed by atoms with Crippen molar-refractivity contribution in [3.8, 4) is 5.75 Å². The van der Waals surface area contributed by atoms with Crippen LogP contribution in [0.3, 0.4) is 0 Å². The van der Waals surface area contributed by atoms with Crippen molar-refractivity contribution < 1.29 is 14.3 Å². The average Bonchev–Trinajstić information content (AvgIpc) is 3.19. The summed E-state index contributed by atoms with van der Waals surface area (Å²) in [5.41, 5.74) is 1.72. The normalized spacial score (nSPS) is 17.9. The third-order valence-corrected chi connectivity index (χ3v) is 8.03. The van der Waals surface area contributed by atoms with Gasteiger partial charge in [0.25, 0.3) is 5.91 Å². The molecule has 1 aromatic heterocycles. The molecule has 0 spiro atoms. The fraction of sp³-hybridized carbons (Fsp3) is 0.520. The summed E-state index contributed by atoms with van der Waals surface area (Å²) in [6.45, 7) is 7.74. The van der Waals surface area contributed by atoms with Crippen LogP contribution in [0.1, 0.15) is 48.3 Å². The molecule has 2 aromatic rings. The van der Waals surface area contributed by atoms with Gasteiger partial charge in [0.2, 0.25) is 5.91 Å². The first-order valence-electron chi connectivity index (χ1n) is 11.6. The summed E-state index contributed by atoms with van der Waals surface area (Å²) in [6, 6.07) is 9.78. The number of nitrogens with zero attached hydrogens (tertiary/aromatic N) is 3. The van der Waals surface area contributed by atoms with E-state index in [0.717, 1.165) is 43.6 Å². The number of hydrogen-bond acceptors (Lipinski definition) is 5. The monoisotopic (exact) mass is 489 g/mol. The van der Waals surface area contributed by atoms with E-state index < -0.39 is 0 Å². The molecule has 6 nitrogen and oxygen atoms in total. The first-order chi connectivity index (χ1) is 15.9. The summed E-state index contributed by atoms with van der Waals surface area (Å²) in [4.78, 5) is 33.1. The maximum atomic E-state index is 13.4. The van der Waals surface area contributed by atoms with E-state index in [1.165, 1.54) is 11.3 Å². The third kappa shape index (κ3) is 5.36. The van der Waals surface area contributed by atoms with Gasteiger partial charge in [0.05, 0.1) is 28.6 Å². The Hall–Kier alpha value is -2.09. The van der Waals surface area contributed by atoms with E-state index in [1.54, 1.807) is 24.1 Å². The predicted octanol–water partition coefficient (Wildman–Crippen LogP) is 4.91. The van der Waals surface area contributed by atoms with Crippen molar-refractivity contribution in [3.05, 3.63) is 45.1 Å². The van der Waals surface area contributed by atoms with Gasteiger partial charge in [-0.25, -0.2) is 0 Å². The molecule has 0 unspecified atom stereocenters. The van der Waals surface area contributed by atoms with Crippen LogP contribution in [0, 0.1) is 5.92 Å². The Morgan fingerprint density at radius 1 is 1.18 bits per heavy atom. The van der Waals surface area contributed by atoms with E-state index in [2.05, 4.69) is 18.7 Å². The predicted molar refractivity (Wildman–Crippen MR) is 133 cm³/mol. The van der Waals surface area contributed by atoms with Crippen molar-refractivity contribution in [2.75, 3.05) is 38.2 Å². The number of carbonyl (C=O) groups excluding carboxylic acids is 2. The number of amides is 2. The molecule has 1 fully saturated rings. The SMILES string of the molecule is COc1cccc2c1CN(C(=O)c1ccc(Cl)s1)CC(=O)N2CCC1CCN(C(C)C)CC1. The number of methoxy groups -OCH3 is 1. The number of piperidine rings is 1. The second-order valence-electron chi connectivity index (χ2n) is 9.13. The second-order valence-corrected chi connectivity index (χ2v) is 10.8. The summed E-state index contributed by atoms with van der Waals surface area (Å²) in [5.74, 6) is 1.06. The quantitative estimate of drug-likeness (QED) is 0.578. The minimum absolute atomic E-state index is 0.0397. The molecule has 0 radical (unpaired) electrons. The number of halogens is 1. The lowest BCUT2D eigenvalue weighted by molar-refractivity contribution is -0.119. The molecule has 33 heavy (non-hydrogen) atoms. The van der Waals surface area contributed by atoms with Crippen LogP contribution in [0.25, 0.3) is 0 Å². The summed E-state index contributed by atoms with van der Waals surface area (Å²) in [7, 11) is 1.63. The van der Waals surface area contributed by atoms with Crippen molar-refractivity contribution in [1.82, 2.24) is 9.80 Å². The van der Waals surface area contributed by atoms with Gasteiger partial charge in [-0.2, -0.15) is 0 Å². The molecule has 0 atom stereocenters. The maximum absolute atomic E-state index is 13.4. The molecule has 0 N–H and O–H groups in total. The topological polar surface area (TPSA) is 53.1 Å². The number of benzene rings is 1. The molecular formula is C25H32ClN3O3S. The van der Waals surface area contributed by atoms with Gasteiger partial charge >= 0.3 is 0 Å². The second kappa shape index (κ2) is 10.5. The van der Waals surface area contributed by atoms with Crippen LogP contribution < -0.4 is 9.64 Å². The van der Waals surface area contributed by atoms with E-state index in [1.807, 2.05) is 23.1 Å². The Kier molecular flexibility index (Phi) is 7.62. The van der Waals surface area contributed by atoms with E-state index in [-0.39, 0.29) is 18.4 Å². The van der Waals surface area contributed by atoms with Crippen molar-refractivity contribution in [2.45, 2.75) is 45.7 Å². The molecule has 2 amide bonds. The standard InChI is InChI=1S/C25H32ClN3O3S/c1-17(2)27-12-9-18(10-13-27)11-14-29-20-5-4-6-21(32-3)19(20)15-28(16-24(29)30)25(31)22-7-8-23(26)33-22/h4-8,17-18H,9-16H2,1-3H3. The fourth-order valence-corrected chi connectivity index (χ4v) is 5.84. The zero-order valence-corrected chi connectivity index (χ0v) is 21.1. The lowest BCUT2D eigenvalue weighted by atomic mass is 9.92. The number of fused-ring (bicyclic) bond motifs is 1. The number of thiophene rings is 1. The van der Waals surface area contributed by atoms with Crippen LogP contribution in [0.4, 0.5) is 5.69 Å². The van der Waals surface area contributed by atoms with Crippen LogP contribution >= 0.6 is 22.9 Å². The summed E-state index contributed by atoms with van der Waals surface area (Å²) in [6.07, 6.45) is 3.28. The number of rotatable bonds is 6. The van der Waals surface area contributed by atoms with Gasteiger partial charge in [-0.3, -0.25) is 9.59 Å². The lowest BCUT2D eigenvalue weighted by Crippen LogP contribution is -2.42. The van der Waals surface area contributed by atoms with Gasteiger partial charge in [0, 0.05) is 18.2 Å². The highest BCUT2D eigenvalue weighted by molar-refractivity contribution is 7.17. The molecule has 178 valence electrons. The minimum Gasteiger partial charge on any atom is -0.496 e. The maximum Gasteiger partial charge on any atom is 0.264 e. The van der Waals surface area contributed by atoms with Gasteiger partial charge in [-0.1, -0.05) is 17.7 Å². The summed E-state index contributed by atoms with van der Waals surface area (Å²) < 4.78 is 6.18. The van der Waals surface area contributed by atoms with Gasteiger partial charge in [-0.05, 0) is 76.4 Å². The van der Waals surface area contributed by atoms with Crippen molar-refractivity contribution in [1.29, 1.82) is 0 Å². The van der Waals surface area contributed by atoms with E-state index in [9.17, 15) is 9.59 Å². The highest BCUT2D eigenvalue weighted by Gasteiger charge is 2.32. The third-order valence-electron chi connectivity index (χ3n) is 6.81. The molecular weight excluding hydrogens is 458 g/mol. The molecule has 4 rings (SSSR count). The first kappa shape index (κ1) is 24.0. The molecule has 2 aliphatic rings. The van der Waals surface area contributed by atoms with E-state index in [0.29, 0.717) is 40.0 Å². The largest absolute Gasteiger partial charge is 0.496 e. The molecule has 0 saturated carbocycles. The summed E-state index contributed by atoms with van der Waals surface area (Å²) in [5, 5.41) is 0. The fourth-order valence-electron chi connectivity index (χ4n) is 4.83. The molecule has 8 heteroatoms. The Balaban J connectivity index is 1.54. The Labute approximate surface area is 205 Å². The number of carbonyl (C=O) groups is 2. The van der Waals surface area contributed by atoms with Crippen LogP contribution in [0.15, 0.2) is 30.3 Å². The average molecular weight is 490 g/mol.